The normalized spacial score (nSPS) is 12.5. The van der Waals surface area contributed by atoms with Gasteiger partial charge in [-0.1, -0.05) is 48.5 Å². The van der Waals surface area contributed by atoms with Crippen molar-refractivity contribution in [1.82, 2.24) is 0 Å². The lowest BCUT2D eigenvalue weighted by atomic mass is 10.1. The van der Waals surface area contributed by atoms with E-state index in [9.17, 15) is 4.79 Å². The van der Waals surface area contributed by atoms with Gasteiger partial charge in [-0.25, -0.2) is 4.79 Å². The molecule has 4 nitrogen and oxygen atoms in total. The summed E-state index contributed by atoms with van der Waals surface area (Å²) in [5.74, 6) is -0.324. The maximum Gasteiger partial charge on any atom is 0.341 e. The molecule has 0 radical (unpaired) electrons. The fourth-order valence-corrected chi connectivity index (χ4v) is 4.93. The zero-order chi connectivity index (χ0) is 20.2. The summed E-state index contributed by atoms with van der Waals surface area (Å²) in [6, 6.07) is 20.4. The summed E-state index contributed by atoms with van der Waals surface area (Å²) >= 11 is 7.24. The van der Waals surface area contributed by atoms with Gasteiger partial charge in [-0.15, -0.1) is 11.3 Å². The highest BCUT2D eigenvalue weighted by Gasteiger charge is 2.24. The van der Waals surface area contributed by atoms with Crippen LogP contribution < -0.4 is 10.2 Å². The first-order chi connectivity index (χ1) is 14.2. The van der Waals surface area contributed by atoms with E-state index in [2.05, 4.69) is 34.5 Å². The van der Waals surface area contributed by atoms with Crippen LogP contribution in [-0.2, 0) is 17.6 Å². The number of fused-ring (bicyclic) bond motifs is 1. The van der Waals surface area contributed by atoms with Crippen LogP contribution in [0.15, 0.2) is 60.7 Å². The molecule has 0 atom stereocenters. The van der Waals surface area contributed by atoms with Crippen molar-refractivity contribution in [1.29, 1.82) is 0 Å². The molecule has 0 amide bonds. The lowest BCUT2D eigenvalue weighted by Gasteiger charge is -2.21. The fourth-order valence-electron chi connectivity index (χ4n) is 3.49. The van der Waals surface area contributed by atoms with Gasteiger partial charge in [0.1, 0.15) is 5.00 Å². The molecule has 2 heterocycles. The van der Waals surface area contributed by atoms with Crippen LogP contribution in [0.25, 0.3) is 0 Å². The largest absolute Gasteiger partial charge is 0.462 e. The van der Waals surface area contributed by atoms with Crippen molar-refractivity contribution >= 4 is 45.3 Å². The van der Waals surface area contributed by atoms with Crippen LogP contribution >= 0.6 is 23.6 Å². The van der Waals surface area contributed by atoms with Gasteiger partial charge in [-0.05, 0) is 48.8 Å². The Bertz CT molecular complexity index is 1030. The van der Waals surface area contributed by atoms with Gasteiger partial charge in [0, 0.05) is 23.5 Å². The first-order valence-corrected chi connectivity index (χ1v) is 10.9. The standard InChI is InChI=1S/C23H22N2O2S2/c1-2-27-22(26)19-15-18(14-16-8-4-3-5-9-16)29-21(19)24-23(28)25-13-12-17-10-6-7-11-20(17)25/h3-11,15H,2,12-14H2,1H3,(H,24,28). The number of benzene rings is 2. The van der Waals surface area contributed by atoms with E-state index in [-0.39, 0.29) is 5.97 Å². The Morgan fingerprint density at radius 1 is 1.17 bits per heavy atom. The van der Waals surface area contributed by atoms with Gasteiger partial charge in [0.05, 0.1) is 12.2 Å². The van der Waals surface area contributed by atoms with Crippen LogP contribution in [-0.4, -0.2) is 24.2 Å². The Morgan fingerprint density at radius 3 is 2.72 bits per heavy atom. The third-order valence-corrected chi connectivity index (χ3v) is 6.23. The Morgan fingerprint density at radius 2 is 1.93 bits per heavy atom. The molecule has 1 aliphatic rings. The molecule has 29 heavy (non-hydrogen) atoms. The van der Waals surface area contributed by atoms with Crippen LogP contribution in [0, 0.1) is 0 Å². The Labute approximate surface area is 180 Å². The lowest BCUT2D eigenvalue weighted by Crippen LogP contribution is -2.33. The molecule has 6 heteroatoms. The van der Waals surface area contributed by atoms with E-state index in [1.165, 1.54) is 11.1 Å². The maximum atomic E-state index is 12.5. The van der Waals surface area contributed by atoms with E-state index in [4.69, 9.17) is 17.0 Å². The van der Waals surface area contributed by atoms with E-state index in [1.807, 2.05) is 43.3 Å². The fraction of sp³-hybridized carbons (Fsp3) is 0.217. The Kier molecular flexibility index (Phi) is 5.92. The average Bonchev–Trinajstić information content (AvgIpc) is 3.33. The predicted octanol–water partition coefficient (Wildman–Crippen LogP) is 5.28. The van der Waals surface area contributed by atoms with Crippen molar-refractivity contribution in [3.63, 3.8) is 0 Å². The molecule has 148 valence electrons. The molecule has 3 aromatic rings. The van der Waals surface area contributed by atoms with Gasteiger partial charge >= 0.3 is 5.97 Å². The molecular formula is C23H22N2O2S2. The number of anilines is 2. The predicted molar refractivity (Wildman–Crippen MR) is 123 cm³/mol. The topological polar surface area (TPSA) is 41.6 Å². The zero-order valence-corrected chi connectivity index (χ0v) is 17.8. The minimum atomic E-state index is -0.324. The summed E-state index contributed by atoms with van der Waals surface area (Å²) in [6.07, 6.45) is 1.73. The van der Waals surface area contributed by atoms with Crippen molar-refractivity contribution in [3.05, 3.63) is 82.2 Å². The molecule has 1 aromatic heterocycles. The van der Waals surface area contributed by atoms with Crippen LogP contribution in [0.1, 0.15) is 33.3 Å². The monoisotopic (exact) mass is 422 g/mol. The summed E-state index contributed by atoms with van der Waals surface area (Å²) in [6.45, 7) is 2.99. The van der Waals surface area contributed by atoms with Crippen LogP contribution in [0.5, 0.6) is 0 Å². The SMILES string of the molecule is CCOC(=O)c1cc(Cc2ccccc2)sc1NC(=S)N1CCc2ccccc21. The molecule has 0 saturated carbocycles. The number of ether oxygens (including phenoxy) is 1. The van der Waals surface area contributed by atoms with Crippen LogP contribution in [0.4, 0.5) is 10.7 Å². The average molecular weight is 423 g/mol. The lowest BCUT2D eigenvalue weighted by molar-refractivity contribution is 0.0528. The number of hydrogen-bond acceptors (Lipinski definition) is 4. The molecule has 0 bridgehead atoms. The minimum absolute atomic E-state index is 0.324. The molecule has 0 saturated heterocycles. The second-order valence-electron chi connectivity index (χ2n) is 6.80. The highest BCUT2D eigenvalue weighted by molar-refractivity contribution is 7.80. The van der Waals surface area contributed by atoms with E-state index in [0.717, 1.165) is 35.0 Å². The highest BCUT2D eigenvalue weighted by atomic mass is 32.1. The van der Waals surface area contributed by atoms with Gasteiger partial charge in [-0.3, -0.25) is 0 Å². The summed E-state index contributed by atoms with van der Waals surface area (Å²) in [5.41, 5.74) is 4.16. The Hall–Kier alpha value is -2.70. The number of hydrogen-bond donors (Lipinski definition) is 1. The summed E-state index contributed by atoms with van der Waals surface area (Å²) < 4.78 is 5.27. The van der Waals surface area contributed by atoms with E-state index in [1.54, 1.807) is 11.3 Å². The zero-order valence-electron chi connectivity index (χ0n) is 16.2. The number of para-hydroxylation sites is 1. The number of nitrogens with zero attached hydrogens (tertiary/aromatic N) is 1. The molecule has 0 unspecified atom stereocenters. The molecule has 0 aliphatic carbocycles. The Balaban J connectivity index is 1.58. The first-order valence-electron chi connectivity index (χ1n) is 9.66. The van der Waals surface area contributed by atoms with E-state index >= 15 is 0 Å². The second-order valence-corrected chi connectivity index (χ2v) is 8.32. The van der Waals surface area contributed by atoms with E-state index < -0.39 is 0 Å². The molecule has 1 aliphatic heterocycles. The number of thiophene rings is 1. The summed E-state index contributed by atoms with van der Waals surface area (Å²) in [7, 11) is 0. The molecule has 2 aromatic carbocycles. The van der Waals surface area contributed by atoms with Gasteiger partial charge in [-0.2, -0.15) is 0 Å². The van der Waals surface area contributed by atoms with Crippen molar-refractivity contribution in [3.8, 4) is 0 Å². The minimum Gasteiger partial charge on any atom is -0.462 e. The molecule has 1 N–H and O–H groups in total. The molecule has 0 fully saturated rings. The number of thiocarbonyl (C=S) groups is 1. The van der Waals surface area contributed by atoms with Crippen molar-refractivity contribution in [2.45, 2.75) is 19.8 Å². The van der Waals surface area contributed by atoms with Gasteiger partial charge in [0.25, 0.3) is 0 Å². The molecule has 4 rings (SSSR count). The number of esters is 1. The number of nitrogens with one attached hydrogen (secondary N) is 1. The third-order valence-electron chi connectivity index (χ3n) is 4.85. The van der Waals surface area contributed by atoms with E-state index in [0.29, 0.717) is 17.3 Å². The summed E-state index contributed by atoms with van der Waals surface area (Å²) in [4.78, 5) is 15.7. The number of carbonyl (C=O) groups is 1. The van der Waals surface area contributed by atoms with Gasteiger partial charge in [0.15, 0.2) is 5.11 Å². The summed E-state index contributed by atoms with van der Waals surface area (Å²) in [5, 5.41) is 4.66. The molecular weight excluding hydrogens is 400 g/mol. The van der Waals surface area contributed by atoms with Crippen LogP contribution in [0.2, 0.25) is 0 Å². The van der Waals surface area contributed by atoms with Gasteiger partial charge < -0.3 is 15.0 Å². The quantitative estimate of drug-likeness (QED) is 0.448. The van der Waals surface area contributed by atoms with Crippen LogP contribution in [0.3, 0.4) is 0 Å². The first kappa shape index (κ1) is 19.6. The third kappa shape index (κ3) is 4.33. The second kappa shape index (κ2) is 8.76. The van der Waals surface area contributed by atoms with Crippen molar-refractivity contribution in [2.75, 3.05) is 23.4 Å². The number of rotatable bonds is 5. The van der Waals surface area contributed by atoms with Crippen molar-refractivity contribution < 1.29 is 9.53 Å². The molecule has 0 spiro atoms. The van der Waals surface area contributed by atoms with Crippen molar-refractivity contribution in [2.24, 2.45) is 0 Å². The maximum absolute atomic E-state index is 12.5. The highest BCUT2D eigenvalue weighted by Crippen LogP contribution is 2.33. The van der Waals surface area contributed by atoms with Gasteiger partial charge in [0.2, 0.25) is 0 Å². The smallest absolute Gasteiger partial charge is 0.341 e. The number of carbonyl (C=O) groups excluding carboxylic acids is 1.